The van der Waals surface area contributed by atoms with Gasteiger partial charge in [-0.2, -0.15) is 0 Å². The summed E-state index contributed by atoms with van der Waals surface area (Å²) in [6.45, 7) is 3.76. The molecule has 30 heavy (non-hydrogen) atoms. The highest BCUT2D eigenvalue weighted by atomic mass is 35.5. The summed E-state index contributed by atoms with van der Waals surface area (Å²) in [6.07, 6.45) is 6.45. The van der Waals surface area contributed by atoms with Crippen LogP contribution >= 0.6 is 23.4 Å². The van der Waals surface area contributed by atoms with Crippen LogP contribution in [0.5, 0.6) is 5.75 Å². The molecule has 5 rings (SSSR count). The molecule has 3 nitrogen and oxygen atoms in total. The molecule has 2 aromatic rings. The van der Waals surface area contributed by atoms with Crippen molar-refractivity contribution >= 4 is 29.6 Å². The van der Waals surface area contributed by atoms with Gasteiger partial charge in [-0.15, -0.1) is 11.8 Å². The third-order valence-electron chi connectivity index (χ3n) is 6.96. The number of aldehydes is 1. The first-order chi connectivity index (χ1) is 14.7. The van der Waals surface area contributed by atoms with Crippen molar-refractivity contribution in [2.45, 2.75) is 54.1 Å². The van der Waals surface area contributed by atoms with Gasteiger partial charge in [0.15, 0.2) is 0 Å². The van der Waals surface area contributed by atoms with Crippen LogP contribution in [0.2, 0.25) is 5.02 Å². The van der Waals surface area contributed by atoms with E-state index in [0.29, 0.717) is 12.3 Å². The number of carbonyl (C=O) groups is 1. The van der Waals surface area contributed by atoms with Crippen molar-refractivity contribution in [1.82, 2.24) is 4.90 Å². The molecule has 2 heterocycles. The molecule has 1 saturated heterocycles. The highest BCUT2D eigenvalue weighted by molar-refractivity contribution is 7.98. The summed E-state index contributed by atoms with van der Waals surface area (Å²) in [5, 5.41) is 0.893. The van der Waals surface area contributed by atoms with Crippen molar-refractivity contribution in [2.24, 2.45) is 0 Å². The van der Waals surface area contributed by atoms with E-state index in [2.05, 4.69) is 35.2 Å². The van der Waals surface area contributed by atoms with E-state index in [1.807, 2.05) is 17.8 Å². The van der Waals surface area contributed by atoms with Gasteiger partial charge in [-0.1, -0.05) is 29.8 Å². The second-order valence-corrected chi connectivity index (χ2v) is 10.4. The summed E-state index contributed by atoms with van der Waals surface area (Å²) in [5.41, 5.74) is 4.26. The lowest BCUT2D eigenvalue weighted by atomic mass is 9.74. The Hall–Kier alpha value is -1.49. The largest absolute Gasteiger partial charge is 0.492 e. The fraction of sp³-hybridized carbons (Fsp3) is 0.480. The zero-order chi connectivity index (χ0) is 20.6. The number of ether oxygens (including phenoxy) is 1. The highest BCUT2D eigenvalue weighted by Gasteiger charge is 2.43. The van der Waals surface area contributed by atoms with Gasteiger partial charge >= 0.3 is 0 Å². The minimum Gasteiger partial charge on any atom is -0.492 e. The Morgan fingerprint density at radius 2 is 2.03 bits per heavy atom. The standard InChI is InChI=1S/C25H28ClNO2S/c26-23-4-1-3-20(18-5-6-18)21(23)16-30-19-7-8-22-24(15-19)29-17-25(22)9-12-27(13-10-25)11-2-14-28/h1,3-4,7-8,14-15,18H,2,5-6,9-13,16-17H2. The molecule has 2 fully saturated rings. The minimum atomic E-state index is 0.151. The van der Waals surface area contributed by atoms with Gasteiger partial charge in [0, 0.05) is 39.6 Å². The van der Waals surface area contributed by atoms with Gasteiger partial charge < -0.3 is 14.4 Å². The zero-order valence-electron chi connectivity index (χ0n) is 17.2. The van der Waals surface area contributed by atoms with Crippen LogP contribution in [0.15, 0.2) is 41.3 Å². The number of nitrogens with zero attached hydrogens (tertiary/aromatic N) is 1. The van der Waals surface area contributed by atoms with E-state index in [1.54, 1.807) is 0 Å². The summed E-state index contributed by atoms with van der Waals surface area (Å²) in [4.78, 5) is 14.3. The third-order valence-corrected chi connectivity index (χ3v) is 8.33. The quantitative estimate of drug-likeness (QED) is 0.399. The van der Waals surface area contributed by atoms with Crippen LogP contribution < -0.4 is 4.74 Å². The molecule has 2 aliphatic heterocycles. The Bertz CT molecular complexity index is 935. The van der Waals surface area contributed by atoms with Gasteiger partial charge in [0.05, 0.1) is 6.61 Å². The first-order valence-corrected chi connectivity index (χ1v) is 12.4. The molecule has 0 radical (unpaired) electrons. The van der Waals surface area contributed by atoms with Crippen LogP contribution in [0.4, 0.5) is 0 Å². The molecule has 0 amide bonds. The lowest BCUT2D eigenvalue weighted by Gasteiger charge is -2.38. The highest BCUT2D eigenvalue weighted by Crippen LogP contribution is 2.48. The normalized spacial score (nSPS) is 20.2. The van der Waals surface area contributed by atoms with Gasteiger partial charge in [-0.25, -0.2) is 0 Å². The van der Waals surface area contributed by atoms with Crippen molar-refractivity contribution in [1.29, 1.82) is 0 Å². The lowest BCUT2D eigenvalue weighted by Crippen LogP contribution is -2.43. The van der Waals surface area contributed by atoms with E-state index in [9.17, 15) is 4.79 Å². The van der Waals surface area contributed by atoms with Gasteiger partial charge in [0.2, 0.25) is 0 Å². The molecular weight excluding hydrogens is 414 g/mol. The molecular formula is C25H28ClNO2S. The van der Waals surface area contributed by atoms with E-state index in [4.69, 9.17) is 16.3 Å². The van der Waals surface area contributed by atoms with Gasteiger partial charge in [-0.05, 0) is 74.0 Å². The van der Waals surface area contributed by atoms with Gasteiger partial charge in [-0.3, -0.25) is 0 Å². The summed E-state index contributed by atoms with van der Waals surface area (Å²) >= 11 is 8.39. The fourth-order valence-corrected chi connectivity index (χ4v) is 6.27. The molecule has 0 N–H and O–H groups in total. The number of fused-ring (bicyclic) bond motifs is 2. The number of likely N-dealkylation sites (tertiary alicyclic amines) is 1. The van der Waals surface area contributed by atoms with E-state index < -0.39 is 0 Å². The number of halogens is 1. The number of hydrogen-bond donors (Lipinski definition) is 0. The van der Waals surface area contributed by atoms with E-state index in [1.165, 1.54) is 34.4 Å². The van der Waals surface area contributed by atoms with Crippen LogP contribution in [0.25, 0.3) is 0 Å². The molecule has 1 spiro atoms. The van der Waals surface area contributed by atoms with E-state index in [0.717, 1.165) is 61.9 Å². The number of benzene rings is 2. The molecule has 0 aromatic heterocycles. The number of rotatable bonds is 7. The van der Waals surface area contributed by atoms with Crippen LogP contribution in [-0.2, 0) is 16.0 Å². The van der Waals surface area contributed by atoms with Crippen molar-refractivity contribution < 1.29 is 9.53 Å². The van der Waals surface area contributed by atoms with Crippen molar-refractivity contribution in [3.05, 3.63) is 58.1 Å². The molecule has 5 heteroatoms. The monoisotopic (exact) mass is 441 g/mol. The van der Waals surface area contributed by atoms with Gasteiger partial charge in [0.25, 0.3) is 0 Å². The average Bonchev–Trinajstić information content (AvgIpc) is 3.56. The molecule has 3 aliphatic rings. The van der Waals surface area contributed by atoms with E-state index in [-0.39, 0.29) is 5.41 Å². The second kappa shape index (κ2) is 8.57. The Morgan fingerprint density at radius 3 is 2.80 bits per heavy atom. The smallest absolute Gasteiger partial charge is 0.124 e. The Balaban J connectivity index is 1.27. The predicted molar refractivity (Wildman–Crippen MR) is 123 cm³/mol. The average molecular weight is 442 g/mol. The Labute approximate surface area is 188 Å². The first kappa shape index (κ1) is 20.4. The summed E-state index contributed by atoms with van der Waals surface area (Å²) < 4.78 is 6.18. The topological polar surface area (TPSA) is 29.5 Å². The Kier molecular flexibility index (Phi) is 5.83. The first-order valence-electron chi connectivity index (χ1n) is 11.0. The number of piperidine rings is 1. The molecule has 1 aliphatic carbocycles. The van der Waals surface area contributed by atoms with Gasteiger partial charge in [0.1, 0.15) is 12.0 Å². The molecule has 0 unspecified atom stereocenters. The predicted octanol–water partition coefficient (Wildman–Crippen LogP) is 5.82. The fourth-order valence-electron chi connectivity index (χ4n) is 4.96. The molecule has 158 valence electrons. The van der Waals surface area contributed by atoms with E-state index >= 15 is 0 Å². The van der Waals surface area contributed by atoms with Crippen LogP contribution in [0.1, 0.15) is 54.7 Å². The maximum atomic E-state index is 10.7. The third kappa shape index (κ3) is 4.02. The minimum absolute atomic E-state index is 0.151. The van der Waals surface area contributed by atoms with Crippen LogP contribution in [0.3, 0.4) is 0 Å². The Morgan fingerprint density at radius 1 is 1.20 bits per heavy atom. The van der Waals surface area contributed by atoms with Crippen LogP contribution in [-0.4, -0.2) is 37.4 Å². The summed E-state index contributed by atoms with van der Waals surface area (Å²) in [6, 6.07) is 13.1. The van der Waals surface area contributed by atoms with Crippen LogP contribution in [0, 0.1) is 0 Å². The second-order valence-electron chi connectivity index (χ2n) is 8.89. The molecule has 2 aromatic carbocycles. The number of thioether (sulfide) groups is 1. The maximum absolute atomic E-state index is 10.7. The molecule has 1 saturated carbocycles. The lowest BCUT2D eigenvalue weighted by molar-refractivity contribution is -0.108. The maximum Gasteiger partial charge on any atom is 0.124 e. The van der Waals surface area contributed by atoms with Crippen molar-refractivity contribution in [3.8, 4) is 5.75 Å². The number of carbonyl (C=O) groups excluding carboxylic acids is 1. The molecule has 0 atom stereocenters. The SMILES string of the molecule is O=CCCN1CCC2(CC1)COc1cc(SCc3c(Cl)cccc3C3CC3)ccc12. The number of hydrogen-bond acceptors (Lipinski definition) is 4. The summed E-state index contributed by atoms with van der Waals surface area (Å²) in [7, 11) is 0. The van der Waals surface area contributed by atoms with Crippen molar-refractivity contribution in [2.75, 3.05) is 26.2 Å². The summed E-state index contributed by atoms with van der Waals surface area (Å²) in [5.74, 6) is 2.67. The zero-order valence-corrected chi connectivity index (χ0v) is 18.8. The van der Waals surface area contributed by atoms with Crippen molar-refractivity contribution in [3.63, 3.8) is 0 Å². The molecule has 0 bridgehead atoms.